The monoisotopic (exact) mass is 398 g/mol. The molecule has 0 aliphatic heterocycles. The summed E-state index contributed by atoms with van der Waals surface area (Å²) in [7, 11) is 5.16. The van der Waals surface area contributed by atoms with Crippen molar-refractivity contribution in [2.45, 2.75) is 0 Å². The normalized spacial score (nSPS) is 12.6. The van der Waals surface area contributed by atoms with Crippen molar-refractivity contribution in [1.82, 2.24) is 14.8 Å². The number of methoxy groups -OCH3 is 3. The van der Waals surface area contributed by atoms with Gasteiger partial charge in [0.05, 0.1) is 25.4 Å². The summed E-state index contributed by atoms with van der Waals surface area (Å²) >= 11 is 0. The molecule has 0 aliphatic carbocycles. The molecule has 2 aromatic heterocycles. The van der Waals surface area contributed by atoms with E-state index in [-0.39, 0.29) is 22.1 Å². The third-order valence-electron chi connectivity index (χ3n) is 4.16. The Kier molecular flexibility index (Phi) is 5.44. The van der Waals surface area contributed by atoms with Crippen LogP contribution in [0.2, 0.25) is 0 Å². The van der Waals surface area contributed by atoms with Crippen LogP contribution in [-0.4, -0.2) is 48.1 Å². The number of ether oxygens (including phenoxy) is 3. The van der Waals surface area contributed by atoms with Crippen LogP contribution < -0.4 is 15.1 Å². The van der Waals surface area contributed by atoms with Crippen LogP contribution in [0.1, 0.15) is 5.69 Å². The van der Waals surface area contributed by atoms with Crippen molar-refractivity contribution in [2.24, 2.45) is 7.05 Å². The van der Waals surface area contributed by atoms with Crippen molar-refractivity contribution in [3.05, 3.63) is 47.3 Å². The lowest BCUT2D eigenvalue weighted by atomic mass is 9.99. The first-order chi connectivity index (χ1) is 13.9. The van der Waals surface area contributed by atoms with E-state index in [1.54, 1.807) is 37.4 Å². The molecule has 29 heavy (non-hydrogen) atoms. The molecule has 10 heteroatoms. The van der Waals surface area contributed by atoms with E-state index in [1.807, 2.05) is 0 Å². The molecule has 0 spiro atoms. The van der Waals surface area contributed by atoms with Crippen molar-refractivity contribution >= 4 is 29.1 Å². The minimum absolute atomic E-state index is 0.0986. The highest BCUT2D eigenvalue weighted by molar-refractivity contribution is 6.21. The summed E-state index contributed by atoms with van der Waals surface area (Å²) in [5, 5.41) is 21.2. The van der Waals surface area contributed by atoms with E-state index in [4.69, 9.17) is 9.47 Å². The zero-order valence-electron chi connectivity index (χ0n) is 16.2. The van der Waals surface area contributed by atoms with Crippen molar-refractivity contribution in [3.63, 3.8) is 0 Å². The quantitative estimate of drug-likeness (QED) is 0.297. The Labute approximate surface area is 165 Å². The predicted molar refractivity (Wildman–Crippen MR) is 97.2 cm³/mol. The number of carbonyl (C=O) groups excluding carboxylic acids is 2. The molecule has 0 aliphatic rings. The maximum absolute atomic E-state index is 12.6. The van der Waals surface area contributed by atoms with Crippen LogP contribution in [0, 0.1) is 0 Å². The zero-order valence-corrected chi connectivity index (χ0v) is 16.2. The Morgan fingerprint density at radius 3 is 2.38 bits per heavy atom. The lowest BCUT2D eigenvalue weighted by Gasteiger charge is -2.09. The maximum atomic E-state index is 12.6. The first-order valence-corrected chi connectivity index (χ1v) is 8.41. The Hall–Kier alpha value is -3.95. The molecule has 0 bridgehead atoms. The van der Waals surface area contributed by atoms with Gasteiger partial charge in [-0.05, 0) is 22.6 Å². The summed E-state index contributed by atoms with van der Waals surface area (Å²) in [6.45, 7) is 0. The zero-order chi connectivity index (χ0) is 21.1. The summed E-state index contributed by atoms with van der Waals surface area (Å²) in [4.78, 5) is 25.7. The number of nitrogens with zero attached hydrogens (tertiary/aromatic N) is 4. The minimum atomic E-state index is -0.811. The second kappa shape index (κ2) is 7.97. The first kappa shape index (κ1) is 19.8. The maximum Gasteiger partial charge on any atom is 0.342 e. The molecule has 0 amide bonds. The largest absolute Gasteiger partial charge is 0.616 e. The van der Waals surface area contributed by atoms with Crippen LogP contribution in [-0.2, 0) is 30.8 Å². The van der Waals surface area contributed by atoms with Crippen molar-refractivity contribution in [2.75, 3.05) is 21.3 Å². The molecule has 0 N–H and O–H groups in total. The molecule has 3 aromatic rings. The highest BCUT2D eigenvalue weighted by atomic mass is 16.6. The van der Waals surface area contributed by atoms with E-state index in [1.165, 1.54) is 30.6 Å². The number of tetrazole rings is 1. The molecular weight excluding hydrogens is 380 g/mol. The Morgan fingerprint density at radius 2 is 1.79 bits per heavy atom. The number of esters is 2. The van der Waals surface area contributed by atoms with Crippen LogP contribution in [0.5, 0.6) is 0 Å². The van der Waals surface area contributed by atoms with Crippen LogP contribution in [0.25, 0.3) is 28.3 Å². The van der Waals surface area contributed by atoms with Gasteiger partial charge in [-0.25, -0.2) is 9.59 Å². The Balaban J connectivity index is 2.56. The number of fused-ring (bicyclic) bond motifs is 1. The second-order valence-corrected chi connectivity index (χ2v) is 5.84. The summed E-state index contributed by atoms with van der Waals surface area (Å²) in [6, 6.07) is 8.84. The minimum Gasteiger partial charge on any atom is -0.616 e. The predicted octanol–water partition coefficient (Wildman–Crippen LogP) is -1.26. The fraction of sp³-hybridized carbons (Fsp3) is 0.211. The van der Waals surface area contributed by atoms with Gasteiger partial charge >= 0.3 is 11.9 Å². The standard InChI is InChI=1S/C19H18N4O6/c1-22-20-17-15(19(26)29-4)14(11-8-6-5-7-9-11)16(23(17)21-22)12(18(25)28-3)10-13(24)27-2/h5-10H,1-4H3. The van der Waals surface area contributed by atoms with Gasteiger partial charge in [-0.3, -0.25) is 0 Å². The van der Waals surface area contributed by atoms with Gasteiger partial charge in [0.15, 0.2) is 5.69 Å². The van der Waals surface area contributed by atoms with Crippen LogP contribution in [0.15, 0.2) is 36.4 Å². The molecule has 0 saturated heterocycles. The average Bonchev–Trinajstić information content (AvgIpc) is 3.25. The van der Waals surface area contributed by atoms with E-state index in [0.717, 1.165) is 6.08 Å². The van der Waals surface area contributed by atoms with E-state index < -0.39 is 17.9 Å². The molecule has 0 fully saturated rings. The number of aryl methyl sites for hydroxylation is 1. The fourth-order valence-corrected chi connectivity index (χ4v) is 2.95. The highest BCUT2D eigenvalue weighted by Crippen LogP contribution is 2.29. The second-order valence-electron chi connectivity index (χ2n) is 5.84. The summed E-state index contributed by atoms with van der Waals surface area (Å²) in [5.74, 6) is -2.26. The molecule has 0 saturated carbocycles. The van der Waals surface area contributed by atoms with Gasteiger partial charge in [0, 0.05) is 11.6 Å². The van der Waals surface area contributed by atoms with Gasteiger partial charge < -0.3 is 19.3 Å². The highest BCUT2D eigenvalue weighted by Gasteiger charge is 2.33. The molecular formula is C19H18N4O6. The van der Waals surface area contributed by atoms with Crippen LogP contribution >= 0.6 is 0 Å². The smallest absolute Gasteiger partial charge is 0.342 e. The average molecular weight is 398 g/mol. The third kappa shape index (κ3) is 3.47. The summed E-state index contributed by atoms with van der Waals surface area (Å²) in [6.07, 6.45) is 0.982. The topological polar surface area (TPSA) is 119 Å². The Morgan fingerprint density at radius 1 is 1.10 bits per heavy atom. The van der Waals surface area contributed by atoms with Gasteiger partial charge in [0.25, 0.3) is 5.65 Å². The fourth-order valence-electron chi connectivity index (χ4n) is 2.95. The lowest BCUT2D eigenvalue weighted by molar-refractivity contribution is -0.783. The number of hydrogen-bond acceptors (Lipinski definition) is 8. The number of rotatable bonds is 5. The van der Waals surface area contributed by atoms with Crippen molar-refractivity contribution < 1.29 is 33.7 Å². The van der Waals surface area contributed by atoms with E-state index >= 15 is 0 Å². The van der Waals surface area contributed by atoms with Gasteiger partial charge in [-0.15, -0.1) is 0 Å². The molecule has 150 valence electrons. The molecule has 1 aromatic carbocycles. The molecule has 0 unspecified atom stereocenters. The number of hydrogen-bond donors (Lipinski definition) is 0. The van der Waals surface area contributed by atoms with E-state index in [9.17, 15) is 14.7 Å². The summed E-state index contributed by atoms with van der Waals surface area (Å²) in [5.41, 5.74) is 1.08. The Bertz CT molecular complexity index is 1170. The van der Waals surface area contributed by atoms with Crippen LogP contribution in [0.3, 0.4) is 0 Å². The number of benzene rings is 1. The van der Waals surface area contributed by atoms with Gasteiger partial charge in [-0.2, -0.15) is 0 Å². The van der Waals surface area contributed by atoms with Gasteiger partial charge in [0.2, 0.25) is 0 Å². The molecule has 10 nitrogen and oxygen atoms in total. The molecule has 0 radical (unpaired) electrons. The summed E-state index contributed by atoms with van der Waals surface area (Å²) < 4.78 is 15.8. The van der Waals surface area contributed by atoms with E-state index in [0.29, 0.717) is 11.1 Å². The molecule has 2 heterocycles. The van der Waals surface area contributed by atoms with Crippen molar-refractivity contribution in [1.29, 1.82) is 0 Å². The van der Waals surface area contributed by atoms with Crippen molar-refractivity contribution in [3.8, 4) is 11.1 Å². The molecule has 3 rings (SSSR count). The SMILES string of the molecule is COC(=O)/C=C(/C(=O)OC)c1c(-c2ccccc2)/c(=C(\[O-])OC)c2n[n+](C)nn12. The number of aromatic nitrogens is 4. The first-order valence-electron chi connectivity index (χ1n) is 8.41. The van der Waals surface area contributed by atoms with Gasteiger partial charge in [-0.1, -0.05) is 34.8 Å². The van der Waals surface area contributed by atoms with E-state index in [2.05, 4.69) is 15.0 Å². The third-order valence-corrected chi connectivity index (χ3v) is 4.16. The lowest BCUT2D eigenvalue weighted by Crippen LogP contribution is -2.34. The number of carbonyl (C=O) groups is 2. The van der Waals surface area contributed by atoms with Gasteiger partial charge in [0.1, 0.15) is 17.8 Å². The van der Waals surface area contributed by atoms with Crippen LogP contribution in [0.4, 0.5) is 0 Å². The molecule has 0 atom stereocenters.